The summed E-state index contributed by atoms with van der Waals surface area (Å²) >= 11 is 3.53. The van der Waals surface area contributed by atoms with Crippen molar-refractivity contribution in [2.75, 3.05) is 12.8 Å². The molecule has 0 saturated heterocycles. The number of hydrogen-bond donors (Lipinski definition) is 1. The van der Waals surface area contributed by atoms with Gasteiger partial charge in [-0.3, -0.25) is 4.90 Å². The van der Waals surface area contributed by atoms with E-state index in [4.69, 9.17) is 5.73 Å². The van der Waals surface area contributed by atoms with Gasteiger partial charge in [0.05, 0.1) is 11.4 Å². The molecule has 0 aliphatic carbocycles. The highest BCUT2D eigenvalue weighted by Crippen LogP contribution is 2.30. The Balaban J connectivity index is 2.13. The van der Waals surface area contributed by atoms with E-state index in [0.717, 1.165) is 40.3 Å². The number of benzene rings is 1. The largest absolute Gasteiger partial charge is 0.383 e. The van der Waals surface area contributed by atoms with Gasteiger partial charge in [0, 0.05) is 23.1 Å². The van der Waals surface area contributed by atoms with Crippen LogP contribution >= 0.6 is 15.9 Å². The first-order valence-corrected chi connectivity index (χ1v) is 6.26. The second-order valence-corrected chi connectivity index (χ2v) is 5.20. The van der Waals surface area contributed by atoms with Crippen molar-refractivity contribution in [3.05, 3.63) is 40.0 Å². The summed E-state index contributed by atoms with van der Waals surface area (Å²) in [5.74, 6) is 0.747. The van der Waals surface area contributed by atoms with E-state index in [1.54, 1.807) is 0 Å². The summed E-state index contributed by atoms with van der Waals surface area (Å²) in [4.78, 5) is 2.21. The zero-order valence-corrected chi connectivity index (χ0v) is 11.1. The van der Waals surface area contributed by atoms with Crippen LogP contribution in [-0.2, 0) is 13.1 Å². The Morgan fingerprint density at radius 2 is 2.06 bits per heavy atom. The van der Waals surface area contributed by atoms with Crippen molar-refractivity contribution in [3.8, 4) is 5.69 Å². The van der Waals surface area contributed by atoms with E-state index in [1.165, 1.54) is 0 Å². The van der Waals surface area contributed by atoms with E-state index < -0.39 is 0 Å². The summed E-state index contributed by atoms with van der Waals surface area (Å²) in [6.07, 6.45) is 0. The van der Waals surface area contributed by atoms with Crippen molar-refractivity contribution in [2.24, 2.45) is 0 Å². The zero-order valence-electron chi connectivity index (χ0n) is 9.52. The van der Waals surface area contributed by atoms with Gasteiger partial charge >= 0.3 is 0 Å². The predicted molar refractivity (Wildman–Crippen MR) is 70.8 cm³/mol. The van der Waals surface area contributed by atoms with Crippen molar-refractivity contribution >= 4 is 21.7 Å². The van der Waals surface area contributed by atoms with E-state index in [-0.39, 0.29) is 0 Å². The van der Waals surface area contributed by atoms with Crippen LogP contribution in [0.15, 0.2) is 28.7 Å². The van der Waals surface area contributed by atoms with Gasteiger partial charge in [-0.05, 0) is 35.1 Å². The lowest BCUT2D eigenvalue weighted by Crippen LogP contribution is -2.12. The van der Waals surface area contributed by atoms with Crippen LogP contribution in [0.5, 0.6) is 0 Å². The quantitative estimate of drug-likeness (QED) is 0.876. The fraction of sp³-hybridized carbons (Fsp3) is 0.250. The normalized spacial score (nSPS) is 15.2. The third kappa shape index (κ3) is 1.66. The smallest absolute Gasteiger partial charge is 0.132 e. The minimum Gasteiger partial charge on any atom is -0.383 e. The predicted octanol–water partition coefficient (Wildman–Crippen LogP) is 2.16. The van der Waals surface area contributed by atoms with Gasteiger partial charge in [-0.25, -0.2) is 4.68 Å². The number of hydrogen-bond acceptors (Lipinski definition) is 3. The fourth-order valence-electron chi connectivity index (χ4n) is 2.20. The SMILES string of the molecule is CN1Cc2nn(-c3ccccc3Br)c(N)c2C1. The monoisotopic (exact) mass is 292 g/mol. The topological polar surface area (TPSA) is 47.1 Å². The van der Waals surface area contributed by atoms with Gasteiger partial charge in [0.2, 0.25) is 0 Å². The number of para-hydroxylation sites is 1. The molecule has 0 spiro atoms. The molecule has 5 heteroatoms. The van der Waals surface area contributed by atoms with Crippen LogP contribution in [0.3, 0.4) is 0 Å². The number of halogens is 1. The standard InChI is InChI=1S/C12H13BrN4/c1-16-6-8-10(7-16)15-17(12(8)14)11-5-3-2-4-9(11)13/h2-5H,6-7,14H2,1H3. The first kappa shape index (κ1) is 10.8. The lowest BCUT2D eigenvalue weighted by atomic mass is 10.3. The maximum Gasteiger partial charge on any atom is 0.132 e. The Morgan fingerprint density at radius 3 is 2.76 bits per heavy atom. The van der Waals surface area contributed by atoms with Crippen LogP contribution < -0.4 is 5.73 Å². The molecule has 88 valence electrons. The van der Waals surface area contributed by atoms with Gasteiger partial charge in [-0.15, -0.1) is 0 Å². The number of aromatic nitrogens is 2. The lowest BCUT2D eigenvalue weighted by molar-refractivity contribution is 0.348. The van der Waals surface area contributed by atoms with Gasteiger partial charge in [0.1, 0.15) is 5.82 Å². The van der Waals surface area contributed by atoms with Crippen molar-refractivity contribution in [3.63, 3.8) is 0 Å². The number of rotatable bonds is 1. The van der Waals surface area contributed by atoms with E-state index in [1.807, 2.05) is 28.9 Å². The van der Waals surface area contributed by atoms with Gasteiger partial charge in [0.25, 0.3) is 0 Å². The first-order chi connectivity index (χ1) is 8.16. The number of fused-ring (bicyclic) bond motifs is 1. The maximum atomic E-state index is 6.17. The summed E-state index contributed by atoms with van der Waals surface area (Å²) in [5, 5.41) is 4.59. The van der Waals surface area contributed by atoms with Crippen LogP contribution in [0.2, 0.25) is 0 Å². The lowest BCUT2D eigenvalue weighted by Gasteiger charge is -2.10. The molecule has 17 heavy (non-hydrogen) atoms. The number of nitrogens with zero attached hydrogens (tertiary/aromatic N) is 3. The van der Waals surface area contributed by atoms with Crippen LogP contribution in [-0.4, -0.2) is 21.7 Å². The molecule has 0 unspecified atom stereocenters. The fourth-order valence-corrected chi connectivity index (χ4v) is 2.65. The summed E-state index contributed by atoms with van der Waals surface area (Å²) in [6, 6.07) is 7.97. The van der Waals surface area contributed by atoms with Crippen molar-refractivity contribution < 1.29 is 0 Å². The minimum absolute atomic E-state index is 0.747. The molecule has 0 amide bonds. The zero-order chi connectivity index (χ0) is 12.0. The summed E-state index contributed by atoms with van der Waals surface area (Å²) < 4.78 is 2.82. The minimum atomic E-state index is 0.747. The van der Waals surface area contributed by atoms with Gasteiger partial charge in [0.15, 0.2) is 0 Å². The molecule has 3 rings (SSSR count). The first-order valence-electron chi connectivity index (χ1n) is 5.46. The Morgan fingerprint density at radius 1 is 1.29 bits per heavy atom. The molecule has 1 aromatic carbocycles. The number of nitrogens with two attached hydrogens (primary N) is 1. The van der Waals surface area contributed by atoms with E-state index >= 15 is 0 Å². The Labute approximate surface area is 108 Å². The highest BCUT2D eigenvalue weighted by atomic mass is 79.9. The maximum absolute atomic E-state index is 6.17. The van der Waals surface area contributed by atoms with Crippen molar-refractivity contribution in [2.45, 2.75) is 13.1 Å². The van der Waals surface area contributed by atoms with Crippen LogP contribution in [0.1, 0.15) is 11.3 Å². The van der Waals surface area contributed by atoms with Gasteiger partial charge < -0.3 is 5.73 Å². The molecular formula is C12H13BrN4. The molecule has 0 saturated carbocycles. The molecule has 1 aromatic heterocycles. The highest BCUT2D eigenvalue weighted by Gasteiger charge is 2.24. The average Bonchev–Trinajstić information content (AvgIpc) is 2.79. The van der Waals surface area contributed by atoms with Crippen LogP contribution in [0.25, 0.3) is 5.69 Å². The third-order valence-electron chi connectivity index (χ3n) is 3.03. The summed E-state index contributed by atoms with van der Waals surface area (Å²) in [6.45, 7) is 1.75. The van der Waals surface area contributed by atoms with E-state index in [0.29, 0.717) is 0 Å². The van der Waals surface area contributed by atoms with E-state index in [2.05, 4.69) is 33.0 Å². The van der Waals surface area contributed by atoms with Crippen LogP contribution in [0.4, 0.5) is 5.82 Å². The van der Waals surface area contributed by atoms with Crippen molar-refractivity contribution in [1.29, 1.82) is 0 Å². The molecule has 0 radical (unpaired) electrons. The molecule has 0 atom stereocenters. The Hall–Kier alpha value is -1.33. The average molecular weight is 293 g/mol. The van der Waals surface area contributed by atoms with Crippen molar-refractivity contribution in [1.82, 2.24) is 14.7 Å². The van der Waals surface area contributed by atoms with Gasteiger partial charge in [-0.1, -0.05) is 12.1 Å². The van der Waals surface area contributed by atoms with Gasteiger partial charge in [-0.2, -0.15) is 5.10 Å². The molecule has 2 heterocycles. The molecule has 0 fully saturated rings. The molecule has 2 N–H and O–H groups in total. The molecule has 4 nitrogen and oxygen atoms in total. The Bertz CT molecular complexity index is 576. The second-order valence-electron chi connectivity index (χ2n) is 4.35. The molecule has 1 aliphatic heterocycles. The number of anilines is 1. The summed E-state index contributed by atoms with van der Waals surface area (Å²) in [7, 11) is 2.07. The molecule has 1 aliphatic rings. The molecule has 0 bridgehead atoms. The summed E-state index contributed by atoms with van der Waals surface area (Å²) in [5.41, 5.74) is 9.40. The van der Waals surface area contributed by atoms with E-state index in [9.17, 15) is 0 Å². The van der Waals surface area contributed by atoms with Crippen LogP contribution in [0, 0.1) is 0 Å². The molecular weight excluding hydrogens is 280 g/mol. The third-order valence-corrected chi connectivity index (χ3v) is 3.71. The molecule has 2 aromatic rings. The highest BCUT2D eigenvalue weighted by molar-refractivity contribution is 9.10. The number of nitrogen functional groups attached to an aromatic ring is 1. The Kier molecular flexibility index (Phi) is 2.45. The second kappa shape index (κ2) is 3.85.